The highest BCUT2D eigenvalue weighted by atomic mass is 32.2. The molecule has 4 N–H and O–H groups in total. The number of hydrogen-bond acceptors (Lipinski definition) is 16. The summed E-state index contributed by atoms with van der Waals surface area (Å²) in [6.45, 7) is 10.2. The standard InChI is InChI=1S/C44H63N5O13S2/c1-43(2)35-30-33(63-62-61-52)15-17-37(35)49(23-25-59-29-27-57-5)39(43)12-8-6-9-13-40-44(3,19-24-58-28-26-56-4)36-31-34(64(53,54)55)16-18-38(36)48(40)22-11-7-10-14-41(50)46-20-21-47-42(51)32-60-45/h6,8-9,12-13,15-18,30-31H,7,10-11,14,19-29,32,45H2,1-5H3,(H3-,46,47,50,51,52,53,54,55)/p-1. The average Bonchev–Trinajstić information content (AvgIpc) is 3.62. The van der Waals surface area contributed by atoms with E-state index in [1.165, 1.54) is 12.1 Å². The van der Waals surface area contributed by atoms with Crippen molar-refractivity contribution < 1.29 is 65.5 Å². The summed E-state index contributed by atoms with van der Waals surface area (Å²) < 4.78 is 65.8. The van der Waals surface area contributed by atoms with Gasteiger partial charge in [0.15, 0.2) is 12.3 Å². The molecule has 1 atom stereocenters. The van der Waals surface area contributed by atoms with Crippen molar-refractivity contribution in [3.63, 3.8) is 0 Å². The highest BCUT2D eigenvalue weighted by Crippen LogP contribution is 2.51. The lowest BCUT2D eigenvalue weighted by Crippen LogP contribution is -2.36. The Morgan fingerprint density at radius 3 is 2.28 bits per heavy atom. The van der Waals surface area contributed by atoms with E-state index < -0.39 is 20.9 Å². The Balaban J connectivity index is 1.61. The van der Waals surface area contributed by atoms with E-state index in [-0.39, 0.29) is 36.4 Å². The molecule has 4 rings (SSSR count). The normalized spacial score (nSPS) is 17.6. The summed E-state index contributed by atoms with van der Waals surface area (Å²) in [5.41, 5.74) is 4.26. The van der Waals surface area contributed by atoms with Crippen LogP contribution in [0, 0.1) is 0 Å². The number of carbonyl (C=O) groups is 2. The third-order valence-corrected chi connectivity index (χ3v) is 12.5. The topological polar surface area (TPSA) is 235 Å². The largest absolute Gasteiger partial charge is 0.744 e. The van der Waals surface area contributed by atoms with Crippen LogP contribution in [0.4, 0.5) is 11.4 Å². The number of nitrogens with zero attached hydrogens (tertiary/aromatic N) is 2. The predicted octanol–water partition coefficient (Wildman–Crippen LogP) is 3.37. The van der Waals surface area contributed by atoms with Crippen molar-refractivity contribution >= 4 is 51.1 Å². The van der Waals surface area contributed by atoms with Crippen molar-refractivity contribution in [2.75, 3.05) is 91.5 Å². The van der Waals surface area contributed by atoms with Crippen molar-refractivity contribution in [1.29, 1.82) is 0 Å². The lowest BCUT2D eigenvalue weighted by Gasteiger charge is -2.30. The average molecular weight is 933 g/mol. The molecule has 2 aliphatic rings. The Morgan fingerprint density at radius 1 is 0.875 bits per heavy atom. The molecule has 2 aliphatic heterocycles. The molecule has 64 heavy (non-hydrogen) atoms. The number of anilines is 1. The second-order valence-corrected chi connectivity index (χ2v) is 17.9. The second-order valence-electron chi connectivity index (χ2n) is 15.8. The fourth-order valence-corrected chi connectivity index (χ4v) is 8.71. The van der Waals surface area contributed by atoms with Crippen LogP contribution in [0.2, 0.25) is 0 Å². The smallest absolute Gasteiger partial charge is 0.248 e. The quantitative estimate of drug-likeness (QED) is 0.0194. The van der Waals surface area contributed by atoms with Gasteiger partial charge in [-0.15, -0.1) is 0 Å². The fourth-order valence-electron chi connectivity index (χ4n) is 7.82. The van der Waals surface area contributed by atoms with Crippen LogP contribution in [-0.2, 0) is 63.7 Å². The zero-order valence-electron chi connectivity index (χ0n) is 37.3. The molecule has 0 aliphatic carbocycles. The molecule has 0 saturated carbocycles. The summed E-state index contributed by atoms with van der Waals surface area (Å²) in [7, 11) is -1.52. The van der Waals surface area contributed by atoms with Gasteiger partial charge in [-0.25, -0.2) is 14.3 Å². The SMILES string of the molecule is COCCOCC[N+]1=C(/C=C/C=C/C=C2/N(CCCCCC(=O)NCCNC(=O)CON)c3ccc(S(=O)(=O)[O-])cc3C2(C)CCOCCOC)C(C)(C)c2cc(SOO[O-])ccc21. The zero-order valence-corrected chi connectivity index (χ0v) is 38.9. The predicted molar refractivity (Wildman–Crippen MR) is 237 cm³/mol. The summed E-state index contributed by atoms with van der Waals surface area (Å²) in [4.78, 5) is 30.8. The number of nitrogens with one attached hydrogen (secondary N) is 2. The van der Waals surface area contributed by atoms with Crippen molar-refractivity contribution in [2.24, 2.45) is 5.90 Å². The van der Waals surface area contributed by atoms with Crippen molar-refractivity contribution in [3.8, 4) is 0 Å². The minimum absolute atomic E-state index is 0.132. The molecule has 0 spiro atoms. The molecule has 20 heteroatoms. The van der Waals surface area contributed by atoms with Gasteiger partial charge in [0.05, 0.1) is 48.8 Å². The number of nitrogens with two attached hydrogens (primary N) is 1. The van der Waals surface area contributed by atoms with Gasteiger partial charge in [0.2, 0.25) is 17.5 Å². The first kappa shape index (κ1) is 52.6. The molecule has 1 unspecified atom stereocenters. The minimum atomic E-state index is -4.75. The summed E-state index contributed by atoms with van der Waals surface area (Å²) in [6.07, 6.45) is 12.8. The van der Waals surface area contributed by atoms with Crippen LogP contribution in [0.5, 0.6) is 0 Å². The van der Waals surface area contributed by atoms with Gasteiger partial charge in [-0.05, 0) is 82.0 Å². The van der Waals surface area contributed by atoms with Crippen molar-refractivity contribution in [2.45, 2.75) is 73.5 Å². The number of carbonyl (C=O) groups excluding carboxylic acids is 2. The molecule has 0 fully saturated rings. The molecule has 2 aromatic rings. The monoisotopic (exact) mass is 932 g/mol. The summed E-state index contributed by atoms with van der Waals surface area (Å²) in [5, 5.41) is 19.5. The number of methoxy groups -OCH3 is 2. The van der Waals surface area contributed by atoms with E-state index in [1.807, 2.05) is 49.4 Å². The number of hydrogen-bond donors (Lipinski definition) is 3. The number of allylic oxidation sites excluding steroid dienone is 6. The Hall–Kier alpha value is -4.03. The molecule has 354 valence electrons. The van der Waals surface area contributed by atoms with Gasteiger partial charge in [0.1, 0.15) is 23.3 Å². The van der Waals surface area contributed by atoms with Crippen LogP contribution in [-0.4, -0.2) is 122 Å². The van der Waals surface area contributed by atoms with Gasteiger partial charge in [0.25, 0.3) is 0 Å². The lowest BCUT2D eigenvalue weighted by molar-refractivity contribution is -0.777. The minimum Gasteiger partial charge on any atom is -0.744 e. The van der Waals surface area contributed by atoms with Crippen LogP contribution >= 0.6 is 12.0 Å². The van der Waals surface area contributed by atoms with Crippen LogP contribution in [0.1, 0.15) is 64.0 Å². The van der Waals surface area contributed by atoms with E-state index in [9.17, 15) is 27.8 Å². The summed E-state index contributed by atoms with van der Waals surface area (Å²) in [6, 6.07) is 10.3. The van der Waals surface area contributed by atoms with E-state index in [1.54, 1.807) is 20.3 Å². The molecular formula is C44H62N5O13S2-. The van der Waals surface area contributed by atoms with Gasteiger partial charge in [-0.3, -0.25) is 19.5 Å². The first-order valence-corrected chi connectivity index (χ1v) is 23.2. The number of amides is 2. The number of fused-ring (bicyclic) bond motifs is 2. The number of rotatable bonds is 30. The lowest BCUT2D eigenvalue weighted by atomic mass is 9.78. The fraction of sp³-hybridized carbons (Fsp3) is 0.523. The first-order chi connectivity index (χ1) is 30.7. The van der Waals surface area contributed by atoms with E-state index in [0.717, 1.165) is 46.8 Å². The van der Waals surface area contributed by atoms with E-state index in [2.05, 4.69) is 54.2 Å². The maximum Gasteiger partial charge on any atom is 0.248 e. The van der Waals surface area contributed by atoms with E-state index >= 15 is 0 Å². The zero-order chi connectivity index (χ0) is 46.6. The third kappa shape index (κ3) is 14.7. The van der Waals surface area contributed by atoms with E-state index in [0.29, 0.717) is 88.9 Å². The first-order valence-electron chi connectivity index (χ1n) is 21.1. The van der Waals surface area contributed by atoms with Crippen LogP contribution in [0.25, 0.3) is 0 Å². The Bertz CT molecular complexity index is 2090. The Morgan fingerprint density at radius 2 is 1.59 bits per heavy atom. The van der Waals surface area contributed by atoms with Gasteiger partial charge in [-0.1, -0.05) is 24.6 Å². The highest BCUT2D eigenvalue weighted by Gasteiger charge is 2.45. The highest BCUT2D eigenvalue weighted by molar-refractivity contribution is 7.94. The van der Waals surface area contributed by atoms with Gasteiger partial charge in [0, 0.05) is 86.3 Å². The molecule has 2 aromatic carbocycles. The van der Waals surface area contributed by atoms with Crippen LogP contribution in [0.3, 0.4) is 0 Å². The maximum absolute atomic E-state index is 12.5. The summed E-state index contributed by atoms with van der Waals surface area (Å²) in [5.74, 6) is 4.40. The maximum atomic E-state index is 12.5. The third-order valence-electron chi connectivity index (χ3n) is 11.1. The number of benzene rings is 2. The van der Waals surface area contributed by atoms with Crippen LogP contribution < -0.4 is 26.7 Å². The Kier molecular flexibility index (Phi) is 21.5. The Labute approximate surface area is 380 Å². The molecule has 0 saturated heterocycles. The number of unbranched alkanes of at least 4 members (excludes halogenated alkanes) is 2. The molecule has 0 aromatic heterocycles. The van der Waals surface area contributed by atoms with Gasteiger partial charge < -0.3 is 44.3 Å². The molecule has 0 bridgehead atoms. The van der Waals surface area contributed by atoms with Crippen molar-refractivity contribution in [1.82, 2.24) is 10.6 Å². The van der Waals surface area contributed by atoms with Gasteiger partial charge in [-0.2, -0.15) is 8.91 Å². The van der Waals surface area contributed by atoms with Gasteiger partial charge >= 0.3 is 0 Å². The molecule has 2 heterocycles. The van der Waals surface area contributed by atoms with Crippen LogP contribution in [0.15, 0.2) is 82.3 Å². The molecule has 2 amide bonds. The summed E-state index contributed by atoms with van der Waals surface area (Å²) >= 11 is 0.840. The molecule has 18 nitrogen and oxygen atoms in total. The molecule has 0 radical (unpaired) electrons. The number of ether oxygens (including phenoxy) is 4. The van der Waals surface area contributed by atoms with E-state index in [4.69, 9.17) is 24.8 Å². The molecular weight excluding hydrogens is 871 g/mol. The van der Waals surface area contributed by atoms with Crippen molar-refractivity contribution in [3.05, 3.63) is 83.6 Å². The second kappa shape index (κ2) is 26.2.